The standard InChI is InChI=1S/C21H24N4O/c1-25-19-10-6-5-9-17(19)18(24-25)11-20(26)23-16-12-21(13-16,14-22)15-7-3-2-4-8-15/h2-10,16H,11-14,22H2,1H3,(H,23,26). The van der Waals surface area contributed by atoms with Crippen LogP contribution in [0.5, 0.6) is 0 Å². The number of nitrogens with one attached hydrogen (secondary N) is 1. The van der Waals surface area contributed by atoms with E-state index >= 15 is 0 Å². The van der Waals surface area contributed by atoms with Crippen molar-refractivity contribution in [2.45, 2.75) is 30.7 Å². The van der Waals surface area contributed by atoms with Crippen LogP contribution in [0.2, 0.25) is 0 Å². The van der Waals surface area contributed by atoms with Crippen LogP contribution in [0.25, 0.3) is 10.9 Å². The molecule has 0 radical (unpaired) electrons. The number of carbonyl (C=O) groups excluding carboxylic acids is 1. The Morgan fingerprint density at radius 2 is 1.88 bits per heavy atom. The van der Waals surface area contributed by atoms with E-state index in [1.54, 1.807) is 0 Å². The Kier molecular flexibility index (Phi) is 4.24. The number of rotatable bonds is 5. The van der Waals surface area contributed by atoms with E-state index in [0.29, 0.717) is 13.0 Å². The molecule has 0 aliphatic heterocycles. The second kappa shape index (κ2) is 6.57. The zero-order valence-electron chi connectivity index (χ0n) is 15.0. The van der Waals surface area contributed by atoms with Crippen molar-refractivity contribution in [1.82, 2.24) is 15.1 Å². The summed E-state index contributed by atoms with van der Waals surface area (Å²) in [6.45, 7) is 0.605. The molecular weight excluding hydrogens is 324 g/mol. The lowest BCUT2D eigenvalue weighted by molar-refractivity contribution is -0.122. The molecule has 0 atom stereocenters. The molecule has 1 aliphatic rings. The summed E-state index contributed by atoms with van der Waals surface area (Å²) in [5.74, 6) is 0.0255. The minimum atomic E-state index is -0.00307. The summed E-state index contributed by atoms with van der Waals surface area (Å²) in [6.07, 6.45) is 2.09. The molecule has 0 bridgehead atoms. The van der Waals surface area contributed by atoms with Gasteiger partial charge in [0.2, 0.25) is 5.91 Å². The number of carbonyl (C=O) groups is 1. The first kappa shape index (κ1) is 16.8. The lowest BCUT2D eigenvalue weighted by Gasteiger charge is -2.48. The van der Waals surface area contributed by atoms with Crippen molar-refractivity contribution in [3.63, 3.8) is 0 Å². The van der Waals surface area contributed by atoms with Gasteiger partial charge in [-0.15, -0.1) is 0 Å². The van der Waals surface area contributed by atoms with Gasteiger partial charge < -0.3 is 11.1 Å². The van der Waals surface area contributed by atoms with Crippen LogP contribution < -0.4 is 11.1 Å². The third-order valence-electron chi connectivity index (χ3n) is 5.58. The monoisotopic (exact) mass is 348 g/mol. The average Bonchev–Trinajstić information content (AvgIpc) is 2.95. The predicted octanol–water partition coefficient (Wildman–Crippen LogP) is 2.29. The maximum Gasteiger partial charge on any atom is 0.226 e. The molecule has 2 aromatic carbocycles. The van der Waals surface area contributed by atoms with Crippen molar-refractivity contribution in [3.05, 3.63) is 65.9 Å². The highest BCUT2D eigenvalue weighted by molar-refractivity contribution is 5.87. The lowest BCUT2D eigenvalue weighted by atomic mass is 9.61. The molecule has 3 aromatic rings. The number of para-hydroxylation sites is 1. The van der Waals surface area contributed by atoms with Gasteiger partial charge in [0, 0.05) is 30.4 Å². The van der Waals surface area contributed by atoms with Gasteiger partial charge in [0.25, 0.3) is 0 Å². The van der Waals surface area contributed by atoms with Gasteiger partial charge in [0.1, 0.15) is 0 Å². The first-order valence-corrected chi connectivity index (χ1v) is 9.07. The van der Waals surface area contributed by atoms with E-state index in [0.717, 1.165) is 29.4 Å². The lowest BCUT2D eigenvalue weighted by Crippen LogP contribution is -2.56. The van der Waals surface area contributed by atoms with Crippen LogP contribution in [0.15, 0.2) is 54.6 Å². The zero-order valence-corrected chi connectivity index (χ0v) is 15.0. The normalized spacial score (nSPS) is 22.2. The van der Waals surface area contributed by atoms with E-state index in [-0.39, 0.29) is 17.4 Å². The molecule has 3 N–H and O–H groups in total. The van der Waals surface area contributed by atoms with Crippen LogP contribution in [0.1, 0.15) is 24.1 Å². The van der Waals surface area contributed by atoms with E-state index in [9.17, 15) is 4.79 Å². The van der Waals surface area contributed by atoms with Crippen molar-refractivity contribution in [2.24, 2.45) is 12.8 Å². The second-order valence-corrected chi connectivity index (χ2v) is 7.29. The first-order valence-electron chi connectivity index (χ1n) is 9.07. The summed E-state index contributed by atoms with van der Waals surface area (Å²) in [7, 11) is 1.91. The average molecular weight is 348 g/mol. The molecule has 4 rings (SSSR count). The van der Waals surface area contributed by atoms with E-state index in [1.807, 2.05) is 54.2 Å². The molecule has 0 saturated heterocycles. The molecule has 1 amide bonds. The summed E-state index contributed by atoms with van der Waals surface area (Å²) >= 11 is 0. The molecule has 1 aromatic heterocycles. The third kappa shape index (κ3) is 2.88. The van der Waals surface area contributed by atoms with Crippen molar-refractivity contribution in [2.75, 3.05) is 6.54 Å². The smallest absolute Gasteiger partial charge is 0.226 e. The number of fused-ring (bicyclic) bond motifs is 1. The van der Waals surface area contributed by atoms with Crippen LogP contribution in [-0.2, 0) is 23.7 Å². The molecule has 5 heteroatoms. The van der Waals surface area contributed by atoms with Gasteiger partial charge in [0.05, 0.1) is 17.6 Å². The zero-order chi connectivity index (χ0) is 18.1. The SMILES string of the molecule is Cn1nc(CC(=O)NC2CC(CN)(c3ccccc3)C2)c2ccccc21. The maximum absolute atomic E-state index is 12.5. The summed E-state index contributed by atoms with van der Waals surface area (Å²) in [4.78, 5) is 12.5. The topological polar surface area (TPSA) is 72.9 Å². The van der Waals surface area contributed by atoms with Gasteiger partial charge in [-0.2, -0.15) is 5.10 Å². The predicted molar refractivity (Wildman–Crippen MR) is 103 cm³/mol. The van der Waals surface area contributed by atoms with E-state index in [2.05, 4.69) is 22.5 Å². The fraction of sp³-hybridized carbons (Fsp3) is 0.333. The van der Waals surface area contributed by atoms with Crippen molar-refractivity contribution in [3.8, 4) is 0 Å². The van der Waals surface area contributed by atoms with Crippen molar-refractivity contribution >= 4 is 16.8 Å². The molecule has 1 fully saturated rings. The summed E-state index contributed by atoms with van der Waals surface area (Å²) < 4.78 is 1.83. The summed E-state index contributed by atoms with van der Waals surface area (Å²) in [5.41, 5.74) is 9.19. The van der Waals surface area contributed by atoms with Gasteiger partial charge >= 0.3 is 0 Å². The van der Waals surface area contributed by atoms with Crippen LogP contribution in [0.3, 0.4) is 0 Å². The van der Waals surface area contributed by atoms with Crippen molar-refractivity contribution in [1.29, 1.82) is 0 Å². The second-order valence-electron chi connectivity index (χ2n) is 7.29. The number of hydrogen-bond acceptors (Lipinski definition) is 3. The van der Waals surface area contributed by atoms with Crippen molar-refractivity contribution < 1.29 is 4.79 Å². The Labute approximate surface area is 153 Å². The Bertz CT molecular complexity index is 926. The number of hydrogen-bond donors (Lipinski definition) is 2. The first-order chi connectivity index (χ1) is 12.6. The molecule has 0 spiro atoms. The molecule has 1 saturated carbocycles. The number of amides is 1. The fourth-order valence-corrected chi connectivity index (χ4v) is 4.15. The van der Waals surface area contributed by atoms with Gasteiger partial charge in [-0.25, -0.2) is 0 Å². The van der Waals surface area contributed by atoms with E-state index < -0.39 is 0 Å². The van der Waals surface area contributed by atoms with Crippen LogP contribution >= 0.6 is 0 Å². The molecular formula is C21H24N4O. The summed E-state index contributed by atoms with van der Waals surface area (Å²) in [5, 5.41) is 8.70. The minimum absolute atomic E-state index is 0.00307. The Morgan fingerprint density at radius 3 is 2.62 bits per heavy atom. The Hall–Kier alpha value is -2.66. The number of benzene rings is 2. The Balaban J connectivity index is 1.41. The van der Waals surface area contributed by atoms with E-state index in [4.69, 9.17) is 5.73 Å². The Morgan fingerprint density at radius 1 is 1.19 bits per heavy atom. The molecule has 134 valence electrons. The number of nitrogens with two attached hydrogens (primary N) is 1. The van der Waals surface area contributed by atoms with Crippen LogP contribution in [0, 0.1) is 0 Å². The highest BCUT2D eigenvalue weighted by atomic mass is 16.1. The van der Waals surface area contributed by atoms with Crippen LogP contribution in [0.4, 0.5) is 0 Å². The number of aryl methyl sites for hydroxylation is 1. The third-order valence-corrected chi connectivity index (χ3v) is 5.58. The van der Waals surface area contributed by atoms with Gasteiger partial charge in [-0.3, -0.25) is 9.48 Å². The largest absolute Gasteiger partial charge is 0.353 e. The molecule has 0 unspecified atom stereocenters. The van der Waals surface area contributed by atoms with Gasteiger partial charge in [-0.1, -0.05) is 48.5 Å². The van der Waals surface area contributed by atoms with Crippen LogP contribution in [-0.4, -0.2) is 28.3 Å². The quantitative estimate of drug-likeness (QED) is 0.743. The molecule has 5 nitrogen and oxygen atoms in total. The van der Waals surface area contributed by atoms with Gasteiger partial charge in [0.15, 0.2) is 0 Å². The number of nitrogens with zero attached hydrogens (tertiary/aromatic N) is 2. The highest BCUT2D eigenvalue weighted by Gasteiger charge is 2.44. The maximum atomic E-state index is 12.5. The number of aromatic nitrogens is 2. The highest BCUT2D eigenvalue weighted by Crippen LogP contribution is 2.43. The molecule has 1 heterocycles. The molecule has 26 heavy (non-hydrogen) atoms. The molecule has 1 aliphatic carbocycles. The van der Waals surface area contributed by atoms with E-state index in [1.165, 1.54) is 5.56 Å². The summed E-state index contributed by atoms with van der Waals surface area (Å²) in [6, 6.07) is 18.6. The fourth-order valence-electron chi connectivity index (χ4n) is 4.15. The van der Waals surface area contributed by atoms with Gasteiger partial charge in [-0.05, 0) is 24.5 Å². The minimum Gasteiger partial charge on any atom is -0.353 e.